The number of aromatic nitrogens is 2. The summed E-state index contributed by atoms with van der Waals surface area (Å²) in [5.41, 5.74) is 2.38. The Hall–Kier alpha value is -4.26. The van der Waals surface area contributed by atoms with Crippen LogP contribution >= 0.6 is 0 Å². The van der Waals surface area contributed by atoms with Gasteiger partial charge in [-0.25, -0.2) is 14.4 Å². The first-order chi connectivity index (χ1) is 15.1. The Balaban J connectivity index is 1.51. The fraction of sp³-hybridized carbons (Fsp3) is 0.0417. The Morgan fingerprint density at radius 1 is 0.935 bits per heavy atom. The highest BCUT2D eigenvalue weighted by Crippen LogP contribution is 2.22. The van der Waals surface area contributed by atoms with Crippen LogP contribution in [-0.4, -0.2) is 23.0 Å². The average molecular weight is 414 g/mol. The third-order valence-corrected chi connectivity index (χ3v) is 4.46. The van der Waals surface area contributed by atoms with Crippen molar-refractivity contribution >= 4 is 23.1 Å². The van der Waals surface area contributed by atoms with Crippen molar-refractivity contribution in [1.82, 2.24) is 9.97 Å². The number of nitrogens with zero attached hydrogens (tertiary/aromatic N) is 2. The van der Waals surface area contributed by atoms with E-state index in [-0.39, 0.29) is 11.7 Å². The maximum atomic E-state index is 13.5. The van der Waals surface area contributed by atoms with E-state index in [1.54, 1.807) is 74.0 Å². The SMILES string of the molecule is COc1cccc(NC(=O)c2cccc(Nc3ccnc(-c4cccc(F)c4)n3)c2)c1. The number of carbonyl (C=O) groups is 1. The van der Waals surface area contributed by atoms with Crippen molar-refractivity contribution in [2.45, 2.75) is 0 Å². The van der Waals surface area contributed by atoms with E-state index in [9.17, 15) is 9.18 Å². The molecule has 1 amide bonds. The smallest absolute Gasteiger partial charge is 0.255 e. The first-order valence-corrected chi connectivity index (χ1v) is 9.52. The summed E-state index contributed by atoms with van der Waals surface area (Å²) < 4.78 is 18.7. The number of rotatable bonds is 6. The Bertz CT molecular complexity index is 1230. The lowest BCUT2D eigenvalue weighted by molar-refractivity contribution is 0.102. The lowest BCUT2D eigenvalue weighted by atomic mass is 10.1. The van der Waals surface area contributed by atoms with Crippen molar-refractivity contribution in [2.75, 3.05) is 17.7 Å². The summed E-state index contributed by atoms with van der Waals surface area (Å²) in [5, 5.41) is 6.01. The van der Waals surface area contributed by atoms with Gasteiger partial charge in [0, 0.05) is 34.8 Å². The van der Waals surface area contributed by atoms with Crippen LogP contribution in [0.25, 0.3) is 11.4 Å². The molecule has 0 fully saturated rings. The minimum atomic E-state index is -0.353. The van der Waals surface area contributed by atoms with Crippen molar-refractivity contribution < 1.29 is 13.9 Å². The van der Waals surface area contributed by atoms with E-state index in [4.69, 9.17) is 4.74 Å². The number of hydrogen-bond donors (Lipinski definition) is 2. The van der Waals surface area contributed by atoms with Crippen LogP contribution in [0.5, 0.6) is 5.75 Å². The summed E-state index contributed by atoms with van der Waals surface area (Å²) in [4.78, 5) is 21.3. The van der Waals surface area contributed by atoms with Crippen LogP contribution in [0.15, 0.2) is 85.1 Å². The lowest BCUT2D eigenvalue weighted by Gasteiger charge is -2.10. The van der Waals surface area contributed by atoms with Crippen LogP contribution in [0.1, 0.15) is 10.4 Å². The molecule has 1 aromatic heterocycles. The van der Waals surface area contributed by atoms with Gasteiger partial charge in [0.15, 0.2) is 5.82 Å². The molecule has 0 radical (unpaired) electrons. The molecule has 7 heteroatoms. The van der Waals surface area contributed by atoms with Gasteiger partial charge in [-0.15, -0.1) is 0 Å². The van der Waals surface area contributed by atoms with Crippen LogP contribution in [0, 0.1) is 5.82 Å². The molecule has 0 unspecified atom stereocenters. The molecule has 0 spiro atoms. The first kappa shape index (κ1) is 20.0. The zero-order chi connectivity index (χ0) is 21.6. The summed E-state index contributed by atoms with van der Waals surface area (Å²) >= 11 is 0. The molecule has 6 nitrogen and oxygen atoms in total. The Morgan fingerprint density at radius 2 is 1.74 bits per heavy atom. The second-order valence-electron chi connectivity index (χ2n) is 6.67. The molecular formula is C24H19FN4O2. The predicted octanol–water partition coefficient (Wildman–Crippen LogP) is 5.29. The third-order valence-electron chi connectivity index (χ3n) is 4.46. The van der Waals surface area contributed by atoms with Crippen LogP contribution in [0.2, 0.25) is 0 Å². The molecule has 0 bridgehead atoms. The molecule has 154 valence electrons. The molecule has 0 aliphatic carbocycles. The Kier molecular flexibility index (Phi) is 5.84. The number of anilines is 3. The zero-order valence-electron chi connectivity index (χ0n) is 16.7. The number of nitrogens with one attached hydrogen (secondary N) is 2. The minimum absolute atomic E-state index is 0.250. The van der Waals surface area contributed by atoms with Gasteiger partial charge < -0.3 is 15.4 Å². The van der Waals surface area contributed by atoms with Gasteiger partial charge in [0.05, 0.1) is 7.11 Å². The Morgan fingerprint density at radius 3 is 2.58 bits per heavy atom. The zero-order valence-corrected chi connectivity index (χ0v) is 16.7. The van der Waals surface area contributed by atoms with Gasteiger partial charge in [0.1, 0.15) is 17.4 Å². The van der Waals surface area contributed by atoms with Crippen molar-refractivity contribution in [3.8, 4) is 17.1 Å². The summed E-state index contributed by atoms with van der Waals surface area (Å²) in [7, 11) is 1.57. The number of benzene rings is 3. The van der Waals surface area contributed by atoms with E-state index >= 15 is 0 Å². The molecular weight excluding hydrogens is 395 g/mol. The van der Waals surface area contributed by atoms with Crippen molar-refractivity contribution in [3.05, 3.63) is 96.4 Å². The average Bonchev–Trinajstić information content (AvgIpc) is 2.79. The molecule has 0 aliphatic rings. The van der Waals surface area contributed by atoms with Crippen LogP contribution in [0.3, 0.4) is 0 Å². The fourth-order valence-electron chi connectivity index (χ4n) is 2.99. The molecule has 4 rings (SSSR count). The predicted molar refractivity (Wildman–Crippen MR) is 118 cm³/mol. The number of methoxy groups -OCH3 is 1. The molecule has 0 saturated heterocycles. The van der Waals surface area contributed by atoms with Gasteiger partial charge >= 0.3 is 0 Å². The van der Waals surface area contributed by atoms with Gasteiger partial charge in [-0.2, -0.15) is 0 Å². The number of ether oxygens (including phenoxy) is 1. The molecule has 1 heterocycles. The van der Waals surface area contributed by atoms with E-state index in [0.29, 0.717) is 39.9 Å². The molecule has 0 atom stereocenters. The van der Waals surface area contributed by atoms with Gasteiger partial charge in [0.25, 0.3) is 5.91 Å². The van der Waals surface area contributed by atoms with Gasteiger partial charge in [0.2, 0.25) is 0 Å². The van der Waals surface area contributed by atoms with E-state index in [2.05, 4.69) is 20.6 Å². The van der Waals surface area contributed by atoms with Crippen LogP contribution in [-0.2, 0) is 0 Å². The normalized spacial score (nSPS) is 10.4. The fourth-order valence-corrected chi connectivity index (χ4v) is 2.99. The van der Waals surface area contributed by atoms with Crippen molar-refractivity contribution in [3.63, 3.8) is 0 Å². The topological polar surface area (TPSA) is 76.1 Å². The standard InChI is InChI=1S/C24H19FN4O2/c1-31-21-10-4-9-20(15-21)28-24(30)17-6-3-8-19(14-17)27-22-11-12-26-23(29-22)16-5-2-7-18(25)13-16/h2-15H,1H3,(H,28,30)(H,26,27,29). The van der Waals surface area contributed by atoms with Gasteiger partial charge in [-0.3, -0.25) is 4.79 Å². The monoisotopic (exact) mass is 414 g/mol. The van der Waals surface area contributed by atoms with E-state index in [1.165, 1.54) is 12.1 Å². The Labute approximate surface area is 178 Å². The van der Waals surface area contributed by atoms with Crippen LogP contribution in [0.4, 0.5) is 21.6 Å². The van der Waals surface area contributed by atoms with Crippen LogP contribution < -0.4 is 15.4 Å². The van der Waals surface area contributed by atoms with Gasteiger partial charge in [-0.05, 0) is 48.5 Å². The van der Waals surface area contributed by atoms with E-state index in [0.717, 1.165) is 0 Å². The molecule has 3 aromatic carbocycles. The highest BCUT2D eigenvalue weighted by Gasteiger charge is 2.09. The highest BCUT2D eigenvalue weighted by molar-refractivity contribution is 6.05. The van der Waals surface area contributed by atoms with E-state index < -0.39 is 0 Å². The molecule has 4 aromatic rings. The number of halogens is 1. The molecule has 2 N–H and O–H groups in total. The second kappa shape index (κ2) is 9.04. The largest absolute Gasteiger partial charge is 0.497 e. The summed E-state index contributed by atoms with van der Waals surface area (Å²) in [6.07, 6.45) is 1.59. The van der Waals surface area contributed by atoms with Crippen molar-refractivity contribution in [1.29, 1.82) is 0 Å². The summed E-state index contributed by atoms with van der Waals surface area (Å²) in [6.45, 7) is 0. The second-order valence-corrected chi connectivity index (χ2v) is 6.67. The summed E-state index contributed by atoms with van der Waals surface area (Å²) in [6, 6.07) is 22.0. The van der Waals surface area contributed by atoms with Crippen molar-refractivity contribution in [2.24, 2.45) is 0 Å². The highest BCUT2D eigenvalue weighted by atomic mass is 19.1. The number of hydrogen-bond acceptors (Lipinski definition) is 5. The maximum absolute atomic E-state index is 13.5. The first-order valence-electron chi connectivity index (χ1n) is 9.52. The lowest BCUT2D eigenvalue weighted by Crippen LogP contribution is -2.12. The molecule has 31 heavy (non-hydrogen) atoms. The minimum Gasteiger partial charge on any atom is -0.497 e. The van der Waals surface area contributed by atoms with Gasteiger partial charge in [-0.1, -0.05) is 24.3 Å². The van der Waals surface area contributed by atoms with E-state index in [1.807, 2.05) is 6.07 Å². The summed E-state index contributed by atoms with van der Waals surface area (Å²) in [5.74, 6) is 0.983. The maximum Gasteiger partial charge on any atom is 0.255 e. The third kappa shape index (κ3) is 5.02. The number of amides is 1. The molecule has 0 saturated carbocycles. The quantitative estimate of drug-likeness (QED) is 0.449. The molecule has 0 aliphatic heterocycles. The number of carbonyl (C=O) groups excluding carboxylic acids is 1.